The van der Waals surface area contributed by atoms with Gasteiger partial charge in [-0.05, 0) is 25.7 Å². The van der Waals surface area contributed by atoms with Crippen LogP contribution in [0.2, 0.25) is 0 Å². The number of carbonyl (C=O) groups excluding carboxylic acids is 1. The first-order chi connectivity index (χ1) is 10.2. The maximum atomic E-state index is 12.8. The van der Waals surface area contributed by atoms with Gasteiger partial charge in [0.15, 0.2) is 0 Å². The number of aliphatic hydroxyl groups excluding tert-OH is 1. The summed E-state index contributed by atoms with van der Waals surface area (Å²) in [5.41, 5.74) is -0.782. The number of nitrogens with zero attached hydrogens (tertiary/aromatic N) is 2. The van der Waals surface area contributed by atoms with Crippen molar-refractivity contribution in [1.29, 1.82) is 5.26 Å². The van der Waals surface area contributed by atoms with Crippen LogP contribution in [0.15, 0.2) is 0 Å². The molecule has 0 bridgehead atoms. The van der Waals surface area contributed by atoms with Crippen molar-refractivity contribution in [3.05, 3.63) is 0 Å². The van der Waals surface area contributed by atoms with Gasteiger partial charge in [0.05, 0.1) is 25.4 Å². The smallest absolute Gasteiger partial charge is 0.243 e. The van der Waals surface area contributed by atoms with Gasteiger partial charge in [-0.15, -0.1) is 0 Å². The van der Waals surface area contributed by atoms with Crippen molar-refractivity contribution in [2.45, 2.75) is 57.5 Å². The number of carbonyl (C=O) groups is 1. The topological polar surface area (TPSA) is 73.6 Å². The van der Waals surface area contributed by atoms with Crippen LogP contribution in [0.5, 0.6) is 0 Å². The number of ether oxygens (including phenoxy) is 1. The van der Waals surface area contributed by atoms with Crippen LogP contribution in [0.25, 0.3) is 0 Å². The summed E-state index contributed by atoms with van der Waals surface area (Å²) >= 11 is 0. The average Bonchev–Trinajstić information content (AvgIpc) is 2.79. The minimum atomic E-state index is -0.782. The molecule has 118 valence electrons. The molecular weight excluding hydrogens is 268 g/mol. The van der Waals surface area contributed by atoms with E-state index in [1.165, 1.54) is 0 Å². The van der Waals surface area contributed by atoms with Crippen molar-refractivity contribution < 1.29 is 14.6 Å². The van der Waals surface area contributed by atoms with Gasteiger partial charge >= 0.3 is 0 Å². The number of amides is 1. The number of aliphatic hydroxyl groups is 1. The highest BCUT2D eigenvalue weighted by Crippen LogP contribution is 2.37. The normalized spacial score (nSPS) is 23.3. The summed E-state index contributed by atoms with van der Waals surface area (Å²) in [5.74, 6) is 0.0347. The maximum absolute atomic E-state index is 12.8. The second-order valence-electron chi connectivity index (χ2n) is 6.19. The first kappa shape index (κ1) is 16.3. The number of rotatable bonds is 4. The van der Waals surface area contributed by atoms with Crippen LogP contribution in [0, 0.1) is 16.7 Å². The monoisotopic (exact) mass is 294 g/mol. The fourth-order valence-corrected chi connectivity index (χ4v) is 3.45. The molecule has 2 rings (SSSR count). The lowest BCUT2D eigenvalue weighted by Crippen LogP contribution is -2.48. The summed E-state index contributed by atoms with van der Waals surface area (Å²) in [4.78, 5) is 14.7. The molecule has 0 spiro atoms. The quantitative estimate of drug-likeness (QED) is 0.803. The van der Waals surface area contributed by atoms with E-state index in [2.05, 4.69) is 6.07 Å². The summed E-state index contributed by atoms with van der Waals surface area (Å²) in [5, 5.41) is 18.4. The molecule has 5 nitrogen and oxygen atoms in total. The van der Waals surface area contributed by atoms with Crippen LogP contribution in [-0.4, -0.2) is 48.3 Å². The first-order valence-electron chi connectivity index (χ1n) is 8.15. The Morgan fingerprint density at radius 2 is 1.86 bits per heavy atom. The summed E-state index contributed by atoms with van der Waals surface area (Å²) in [7, 11) is 0. The summed E-state index contributed by atoms with van der Waals surface area (Å²) in [6.45, 7) is 1.73. The second kappa shape index (κ2) is 7.77. The molecule has 2 fully saturated rings. The third-order valence-electron chi connectivity index (χ3n) is 4.75. The lowest BCUT2D eigenvalue weighted by molar-refractivity contribution is -0.142. The highest BCUT2D eigenvalue weighted by Gasteiger charge is 2.42. The Kier molecular flexibility index (Phi) is 6.01. The Labute approximate surface area is 126 Å². The number of nitriles is 1. The number of piperidine rings is 1. The first-order valence-corrected chi connectivity index (χ1v) is 8.15. The molecule has 1 saturated carbocycles. The Bertz CT molecular complexity index is 375. The van der Waals surface area contributed by atoms with Crippen LogP contribution in [0.3, 0.4) is 0 Å². The molecule has 1 heterocycles. The highest BCUT2D eigenvalue weighted by atomic mass is 16.5. The minimum Gasteiger partial charge on any atom is -0.394 e. The minimum absolute atomic E-state index is 0.0347. The van der Waals surface area contributed by atoms with E-state index in [-0.39, 0.29) is 18.6 Å². The van der Waals surface area contributed by atoms with Gasteiger partial charge in [-0.1, -0.05) is 25.7 Å². The van der Waals surface area contributed by atoms with Crippen molar-refractivity contribution in [3.63, 3.8) is 0 Å². The number of hydrogen-bond acceptors (Lipinski definition) is 4. The third kappa shape index (κ3) is 3.96. The molecule has 0 radical (unpaired) electrons. The Morgan fingerprint density at radius 3 is 2.38 bits per heavy atom. The van der Waals surface area contributed by atoms with Gasteiger partial charge in [0.25, 0.3) is 0 Å². The lowest BCUT2D eigenvalue weighted by atomic mass is 9.80. The van der Waals surface area contributed by atoms with Gasteiger partial charge in [0.1, 0.15) is 5.41 Å². The standard InChI is InChI=1S/C16H26N2O3/c17-13-16(7-3-1-2-4-8-16)15(20)18-9-5-14(6-10-18)21-12-11-19/h14,19H,1-12H2. The molecule has 0 aromatic carbocycles. The van der Waals surface area contributed by atoms with Gasteiger partial charge in [0, 0.05) is 13.1 Å². The predicted octanol–water partition coefficient (Wildman–Crippen LogP) is 1.85. The summed E-state index contributed by atoms with van der Waals surface area (Å²) in [6, 6.07) is 2.34. The molecule has 2 aliphatic rings. The van der Waals surface area contributed by atoms with Crippen molar-refractivity contribution in [1.82, 2.24) is 4.90 Å². The van der Waals surface area contributed by atoms with Gasteiger partial charge < -0.3 is 14.7 Å². The third-order valence-corrected chi connectivity index (χ3v) is 4.75. The molecule has 1 aliphatic heterocycles. The molecule has 0 aromatic heterocycles. The molecular formula is C16H26N2O3. The molecule has 5 heteroatoms. The van der Waals surface area contributed by atoms with Crippen molar-refractivity contribution in [2.24, 2.45) is 5.41 Å². The molecule has 1 N–H and O–H groups in total. The zero-order valence-electron chi connectivity index (χ0n) is 12.7. The zero-order chi connectivity index (χ0) is 15.1. The number of likely N-dealkylation sites (tertiary alicyclic amines) is 1. The molecule has 21 heavy (non-hydrogen) atoms. The molecule has 0 aromatic rings. The van der Waals surface area contributed by atoms with Crippen LogP contribution < -0.4 is 0 Å². The molecule has 0 unspecified atom stereocenters. The van der Waals surface area contributed by atoms with Crippen LogP contribution in [0.4, 0.5) is 0 Å². The molecule has 1 aliphatic carbocycles. The van der Waals surface area contributed by atoms with E-state index in [1.54, 1.807) is 0 Å². The van der Waals surface area contributed by atoms with E-state index in [1.807, 2.05) is 4.90 Å². The maximum Gasteiger partial charge on any atom is 0.243 e. The fourth-order valence-electron chi connectivity index (χ4n) is 3.45. The van der Waals surface area contributed by atoms with E-state index in [0.717, 1.165) is 38.5 Å². The van der Waals surface area contributed by atoms with Crippen molar-refractivity contribution >= 4 is 5.91 Å². The van der Waals surface area contributed by atoms with Crippen molar-refractivity contribution in [3.8, 4) is 6.07 Å². The van der Waals surface area contributed by atoms with E-state index < -0.39 is 5.41 Å². The zero-order valence-corrected chi connectivity index (χ0v) is 12.7. The number of hydrogen-bond donors (Lipinski definition) is 1. The molecule has 1 amide bonds. The van der Waals surface area contributed by atoms with Gasteiger partial charge in [0.2, 0.25) is 5.91 Å². The second-order valence-corrected chi connectivity index (χ2v) is 6.19. The van der Waals surface area contributed by atoms with Gasteiger partial charge in [-0.2, -0.15) is 5.26 Å². The van der Waals surface area contributed by atoms with Crippen LogP contribution in [-0.2, 0) is 9.53 Å². The largest absolute Gasteiger partial charge is 0.394 e. The van der Waals surface area contributed by atoms with E-state index in [0.29, 0.717) is 32.5 Å². The van der Waals surface area contributed by atoms with Crippen LogP contribution in [0.1, 0.15) is 51.4 Å². The Balaban J connectivity index is 1.92. The summed E-state index contributed by atoms with van der Waals surface area (Å²) < 4.78 is 5.52. The van der Waals surface area contributed by atoms with Gasteiger partial charge in [-0.3, -0.25) is 4.79 Å². The lowest BCUT2D eigenvalue weighted by Gasteiger charge is -2.36. The Hall–Kier alpha value is -1.12. The highest BCUT2D eigenvalue weighted by molar-refractivity contribution is 5.85. The van der Waals surface area contributed by atoms with E-state index in [9.17, 15) is 10.1 Å². The molecule has 1 saturated heterocycles. The average molecular weight is 294 g/mol. The fraction of sp³-hybridized carbons (Fsp3) is 0.875. The van der Waals surface area contributed by atoms with Crippen molar-refractivity contribution in [2.75, 3.05) is 26.3 Å². The summed E-state index contributed by atoms with van der Waals surface area (Å²) in [6.07, 6.45) is 7.38. The molecule has 0 atom stereocenters. The van der Waals surface area contributed by atoms with E-state index >= 15 is 0 Å². The van der Waals surface area contributed by atoms with Crippen LogP contribution >= 0.6 is 0 Å². The van der Waals surface area contributed by atoms with Gasteiger partial charge in [-0.25, -0.2) is 0 Å². The van der Waals surface area contributed by atoms with E-state index in [4.69, 9.17) is 9.84 Å². The SMILES string of the molecule is N#CC1(C(=O)N2CCC(OCCO)CC2)CCCCCC1. The Morgan fingerprint density at radius 1 is 1.24 bits per heavy atom. The predicted molar refractivity (Wildman–Crippen MR) is 78.4 cm³/mol.